The molecule has 3 N–H and O–H groups in total. The molecule has 3 unspecified atom stereocenters. The Hall–Kier alpha value is -2.18. The average molecular weight is 786 g/mol. The summed E-state index contributed by atoms with van der Waals surface area (Å²) >= 11 is 0. The van der Waals surface area contributed by atoms with Crippen molar-refractivity contribution in [3.63, 3.8) is 0 Å². The lowest BCUT2D eigenvalue weighted by Gasteiger charge is -2.24. The SMILES string of the molecule is CC/C=C/C=C/C=C/C=C\CCCCCCCC(=O)OC(CCCCCCCCCCCCCC)CC(=O)NC(CO)C(O)CCCCCCCCCCCC. The number of esters is 1. The number of amides is 1. The minimum absolute atomic E-state index is 0.0696. The van der Waals surface area contributed by atoms with E-state index < -0.39 is 18.2 Å². The topological polar surface area (TPSA) is 95.9 Å². The molecule has 6 nitrogen and oxygen atoms in total. The van der Waals surface area contributed by atoms with Crippen LogP contribution in [0.1, 0.15) is 233 Å². The van der Waals surface area contributed by atoms with Crippen molar-refractivity contribution < 1.29 is 24.5 Å². The molecular formula is C50H91NO5. The Morgan fingerprint density at radius 2 is 0.964 bits per heavy atom. The number of aliphatic hydroxyl groups is 2. The first-order chi connectivity index (χ1) is 27.5. The highest BCUT2D eigenvalue weighted by Gasteiger charge is 2.24. The van der Waals surface area contributed by atoms with E-state index in [0.29, 0.717) is 19.3 Å². The molecule has 0 aromatic heterocycles. The molecule has 0 aliphatic heterocycles. The van der Waals surface area contributed by atoms with E-state index in [1.807, 2.05) is 18.2 Å². The lowest BCUT2D eigenvalue weighted by molar-refractivity contribution is -0.151. The van der Waals surface area contributed by atoms with Crippen LogP contribution >= 0.6 is 0 Å². The quantitative estimate of drug-likeness (QED) is 0.0325. The molecule has 0 fully saturated rings. The Balaban J connectivity index is 4.61. The van der Waals surface area contributed by atoms with Crippen molar-refractivity contribution >= 4 is 11.9 Å². The van der Waals surface area contributed by atoms with E-state index in [9.17, 15) is 19.8 Å². The number of carbonyl (C=O) groups excluding carboxylic acids is 2. The van der Waals surface area contributed by atoms with Crippen LogP contribution in [-0.4, -0.2) is 46.9 Å². The number of hydrogen-bond acceptors (Lipinski definition) is 5. The number of rotatable bonds is 42. The van der Waals surface area contributed by atoms with Crippen LogP contribution in [0.15, 0.2) is 48.6 Å². The first-order valence-electron chi connectivity index (χ1n) is 23.9. The summed E-state index contributed by atoms with van der Waals surface area (Å²) in [4.78, 5) is 26.0. The van der Waals surface area contributed by atoms with Crippen molar-refractivity contribution in [1.82, 2.24) is 5.32 Å². The van der Waals surface area contributed by atoms with Crippen LogP contribution in [0, 0.1) is 0 Å². The fourth-order valence-corrected chi connectivity index (χ4v) is 7.15. The molecule has 326 valence electrons. The second-order valence-electron chi connectivity index (χ2n) is 16.2. The van der Waals surface area contributed by atoms with Gasteiger partial charge < -0.3 is 20.3 Å². The fraction of sp³-hybridized carbons (Fsp3) is 0.800. The second-order valence-corrected chi connectivity index (χ2v) is 16.2. The van der Waals surface area contributed by atoms with Crippen molar-refractivity contribution in [2.24, 2.45) is 0 Å². The van der Waals surface area contributed by atoms with Crippen molar-refractivity contribution in [2.45, 2.75) is 251 Å². The molecule has 0 aliphatic rings. The summed E-state index contributed by atoms with van der Waals surface area (Å²) in [5, 5.41) is 23.6. The predicted molar refractivity (Wildman–Crippen MR) is 241 cm³/mol. The number of allylic oxidation sites excluding steroid dienone is 8. The Kier molecular flexibility index (Phi) is 42.2. The van der Waals surface area contributed by atoms with Gasteiger partial charge in [-0.3, -0.25) is 9.59 Å². The number of ether oxygens (including phenoxy) is 1. The van der Waals surface area contributed by atoms with Gasteiger partial charge in [0.25, 0.3) is 0 Å². The van der Waals surface area contributed by atoms with E-state index in [-0.39, 0.29) is 24.9 Å². The highest BCUT2D eigenvalue weighted by Crippen LogP contribution is 2.18. The zero-order valence-corrected chi connectivity index (χ0v) is 37.0. The monoisotopic (exact) mass is 786 g/mol. The molecule has 56 heavy (non-hydrogen) atoms. The number of nitrogens with one attached hydrogen (secondary N) is 1. The average Bonchev–Trinajstić information content (AvgIpc) is 3.19. The Bertz CT molecular complexity index is 972. The van der Waals surface area contributed by atoms with Crippen LogP contribution in [-0.2, 0) is 14.3 Å². The number of carbonyl (C=O) groups is 2. The normalized spacial score (nSPS) is 13.7. The van der Waals surface area contributed by atoms with Gasteiger partial charge >= 0.3 is 5.97 Å². The van der Waals surface area contributed by atoms with Gasteiger partial charge in [-0.25, -0.2) is 0 Å². The van der Waals surface area contributed by atoms with E-state index in [0.717, 1.165) is 77.0 Å². The molecule has 0 heterocycles. The largest absolute Gasteiger partial charge is 0.462 e. The third-order valence-electron chi connectivity index (χ3n) is 10.8. The second kappa shape index (κ2) is 43.9. The van der Waals surface area contributed by atoms with Gasteiger partial charge in [0.05, 0.1) is 25.2 Å². The van der Waals surface area contributed by atoms with Gasteiger partial charge in [-0.2, -0.15) is 0 Å². The van der Waals surface area contributed by atoms with Crippen molar-refractivity contribution in [3.8, 4) is 0 Å². The standard InChI is InChI=1S/C50H91NO5/c1-4-7-10-13-16-19-22-24-25-26-28-31-34-37-40-43-50(55)56-46(41-38-35-32-29-27-23-20-17-14-11-8-5-2)44-49(54)51-47(45-52)48(53)42-39-36-33-30-21-18-15-12-9-6-3/h7,10,13,16,19,22,24-25,46-48,52-53H,4-6,8-9,11-12,14-15,17-18,20-21,23,26-45H2,1-3H3,(H,51,54)/b10-7+,16-13+,22-19+,25-24-. The molecule has 0 bridgehead atoms. The highest BCUT2D eigenvalue weighted by atomic mass is 16.5. The Labute approximate surface area is 346 Å². The van der Waals surface area contributed by atoms with Crippen LogP contribution in [0.4, 0.5) is 0 Å². The van der Waals surface area contributed by atoms with Gasteiger partial charge in [0.1, 0.15) is 6.10 Å². The van der Waals surface area contributed by atoms with Crippen LogP contribution < -0.4 is 5.32 Å². The number of aliphatic hydroxyl groups excluding tert-OH is 2. The third-order valence-corrected chi connectivity index (χ3v) is 10.8. The lowest BCUT2D eigenvalue weighted by atomic mass is 10.0. The molecule has 0 aromatic rings. The molecule has 3 atom stereocenters. The molecule has 0 spiro atoms. The summed E-state index contributed by atoms with van der Waals surface area (Å²) in [5.74, 6) is -0.497. The van der Waals surface area contributed by atoms with Gasteiger partial charge in [0.2, 0.25) is 5.91 Å². The zero-order valence-electron chi connectivity index (χ0n) is 37.0. The molecule has 0 saturated heterocycles. The van der Waals surface area contributed by atoms with E-state index >= 15 is 0 Å². The van der Waals surface area contributed by atoms with Gasteiger partial charge in [-0.1, -0.05) is 223 Å². The van der Waals surface area contributed by atoms with E-state index in [2.05, 4.69) is 56.5 Å². The Morgan fingerprint density at radius 3 is 1.46 bits per heavy atom. The fourth-order valence-electron chi connectivity index (χ4n) is 7.15. The predicted octanol–water partition coefficient (Wildman–Crippen LogP) is 13.9. The minimum Gasteiger partial charge on any atom is -0.462 e. The molecule has 0 aromatic carbocycles. The van der Waals surface area contributed by atoms with Gasteiger partial charge in [0, 0.05) is 6.42 Å². The lowest BCUT2D eigenvalue weighted by Crippen LogP contribution is -2.46. The minimum atomic E-state index is -0.788. The van der Waals surface area contributed by atoms with Gasteiger partial charge in [-0.05, 0) is 44.9 Å². The first-order valence-corrected chi connectivity index (χ1v) is 23.9. The van der Waals surface area contributed by atoms with Crippen molar-refractivity contribution in [1.29, 1.82) is 0 Å². The maximum absolute atomic E-state index is 13.1. The summed E-state index contributed by atoms with van der Waals surface area (Å²) < 4.78 is 5.91. The maximum Gasteiger partial charge on any atom is 0.306 e. The molecule has 0 rings (SSSR count). The summed E-state index contributed by atoms with van der Waals surface area (Å²) in [6.45, 7) is 6.32. The molecule has 1 amide bonds. The Morgan fingerprint density at radius 1 is 0.536 bits per heavy atom. The molecule has 0 radical (unpaired) electrons. The van der Waals surface area contributed by atoms with Crippen LogP contribution in [0.3, 0.4) is 0 Å². The summed E-state index contributed by atoms with van der Waals surface area (Å²) in [5.41, 5.74) is 0. The summed E-state index contributed by atoms with van der Waals surface area (Å²) in [6.07, 6.45) is 51.6. The number of unbranched alkanes of at least 4 members (excludes halogenated alkanes) is 25. The van der Waals surface area contributed by atoms with Crippen molar-refractivity contribution in [3.05, 3.63) is 48.6 Å². The summed E-state index contributed by atoms with van der Waals surface area (Å²) in [6, 6.07) is -0.703. The first kappa shape index (κ1) is 53.8. The molecule has 0 saturated carbocycles. The third kappa shape index (κ3) is 38.7. The van der Waals surface area contributed by atoms with E-state index in [1.165, 1.54) is 109 Å². The molecular weight excluding hydrogens is 695 g/mol. The zero-order chi connectivity index (χ0) is 41.0. The molecule has 0 aliphatic carbocycles. The van der Waals surface area contributed by atoms with Crippen LogP contribution in [0.5, 0.6) is 0 Å². The van der Waals surface area contributed by atoms with E-state index in [1.54, 1.807) is 0 Å². The van der Waals surface area contributed by atoms with E-state index in [4.69, 9.17) is 4.74 Å². The van der Waals surface area contributed by atoms with Gasteiger partial charge in [0.15, 0.2) is 0 Å². The number of hydrogen-bond donors (Lipinski definition) is 3. The van der Waals surface area contributed by atoms with Crippen LogP contribution in [0.2, 0.25) is 0 Å². The highest BCUT2D eigenvalue weighted by molar-refractivity contribution is 5.77. The molecule has 6 heteroatoms. The van der Waals surface area contributed by atoms with Crippen molar-refractivity contribution in [2.75, 3.05) is 6.61 Å². The summed E-state index contributed by atoms with van der Waals surface area (Å²) in [7, 11) is 0. The maximum atomic E-state index is 13.1. The smallest absolute Gasteiger partial charge is 0.306 e. The van der Waals surface area contributed by atoms with Gasteiger partial charge in [-0.15, -0.1) is 0 Å². The van der Waals surface area contributed by atoms with Crippen LogP contribution in [0.25, 0.3) is 0 Å².